The molecule has 6 heteroatoms. The summed E-state index contributed by atoms with van der Waals surface area (Å²) < 4.78 is 0.393. The molecule has 2 aromatic carbocycles. The third-order valence-corrected chi connectivity index (χ3v) is 64.1. The molecule has 0 aromatic heterocycles. The first kappa shape index (κ1) is 31.0. The summed E-state index contributed by atoms with van der Waals surface area (Å²) >= 11 is -4.60. The summed E-state index contributed by atoms with van der Waals surface area (Å²) in [7, 11) is 14.4. The Bertz CT molecular complexity index is 1260. The van der Waals surface area contributed by atoms with Crippen LogP contribution in [-0.4, -0.2) is 22.1 Å². The van der Waals surface area contributed by atoms with E-state index >= 15 is 0 Å². The van der Waals surface area contributed by atoms with Crippen molar-refractivity contribution < 1.29 is 15.6 Å². The fourth-order valence-electron chi connectivity index (χ4n) is 7.47. The Labute approximate surface area is 244 Å². The summed E-state index contributed by atoms with van der Waals surface area (Å²) in [6.07, 6.45) is 4.97. The van der Waals surface area contributed by atoms with Crippen molar-refractivity contribution in [3.63, 3.8) is 0 Å². The van der Waals surface area contributed by atoms with Crippen molar-refractivity contribution in [2.45, 2.75) is 99.4 Å². The molecule has 0 N–H and O–H groups in total. The normalized spacial score (nSPS) is 20.7. The molecule has 0 radical (unpaired) electrons. The quantitative estimate of drug-likeness (QED) is 0.256. The predicted octanol–water partition coefficient (Wildman–Crippen LogP) is 10.7. The van der Waals surface area contributed by atoms with E-state index < -0.39 is 37.6 Å². The fourth-order valence-corrected chi connectivity index (χ4v) is 43.4. The van der Waals surface area contributed by atoms with Crippen LogP contribution in [0.15, 0.2) is 35.4 Å². The Balaban J connectivity index is 1.99. The van der Waals surface area contributed by atoms with E-state index in [0.717, 1.165) is 0 Å². The van der Waals surface area contributed by atoms with Crippen LogP contribution >= 0.6 is 17.0 Å². The van der Waals surface area contributed by atoms with E-state index in [1.165, 1.54) is 67.7 Å². The number of fused-ring (bicyclic) bond motifs is 2. The second-order valence-electron chi connectivity index (χ2n) is 15.2. The molecule has 2 atom stereocenters. The molecule has 0 fully saturated rings. The van der Waals surface area contributed by atoms with Gasteiger partial charge in [-0.15, -0.1) is 0 Å². The van der Waals surface area contributed by atoms with Gasteiger partial charge in [-0.3, -0.25) is 0 Å². The number of benzene rings is 2. The predicted molar refractivity (Wildman–Crippen MR) is 180 cm³/mol. The second kappa shape index (κ2) is 10.1. The minimum absolute atomic E-state index is 0.197. The van der Waals surface area contributed by atoms with Gasteiger partial charge in [0.05, 0.1) is 0 Å². The molecule has 38 heavy (non-hydrogen) atoms. The molecule has 207 valence electrons. The van der Waals surface area contributed by atoms with Crippen LogP contribution in [0, 0.1) is 13.8 Å². The van der Waals surface area contributed by atoms with Crippen LogP contribution in [0.25, 0.3) is 12.2 Å². The molecule has 4 rings (SSSR count). The zero-order valence-electron chi connectivity index (χ0n) is 25.9. The van der Waals surface area contributed by atoms with Crippen LogP contribution in [0.5, 0.6) is 0 Å². The molecule has 2 aliphatic carbocycles. The van der Waals surface area contributed by atoms with Crippen molar-refractivity contribution in [1.82, 2.24) is 0 Å². The van der Waals surface area contributed by atoms with Gasteiger partial charge < -0.3 is 0 Å². The Kier molecular flexibility index (Phi) is 8.23. The van der Waals surface area contributed by atoms with E-state index in [2.05, 4.69) is 116 Å². The van der Waals surface area contributed by atoms with Gasteiger partial charge in [0.15, 0.2) is 0 Å². The monoisotopic (exact) mass is 677 g/mol. The van der Waals surface area contributed by atoms with Gasteiger partial charge in [-0.2, -0.15) is 0 Å². The summed E-state index contributed by atoms with van der Waals surface area (Å²) in [5.41, 5.74) is 14.5. The average Bonchev–Trinajstić information content (AvgIpc) is 3.30. The van der Waals surface area contributed by atoms with Crippen molar-refractivity contribution in [2.75, 3.05) is 0 Å². The van der Waals surface area contributed by atoms with Crippen LogP contribution in [0.4, 0.5) is 0 Å². The van der Waals surface area contributed by atoms with Gasteiger partial charge in [-0.05, 0) is 0 Å². The van der Waals surface area contributed by atoms with Crippen LogP contribution in [-0.2, 0) is 27.6 Å². The molecule has 0 nitrogen and oxygen atoms in total. The van der Waals surface area contributed by atoms with Gasteiger partial charge in [0, 0.05) is 0 Å². The van der Waals surface area contributed by atoms with E-state index in [-0.39, 0.29) is 7.25 Å². The molecule has 0 aliphatic heterocycles. The minimum atomic E-state index is -4.60. The van der Waals surface area contributed by atoms with Crippen molar-refractivity contribution in [3.8, 4) is 0 Å². The molecule has 0 saturated heterocycles. The molecule has 0 spiro atoms. The standard InChI is InChI=1S/2C15H21Si.C2H7Si.2ClH.Zr/c2*1-11-8-14-12(2)6-7-13(15(14)9-11)10-16(3,4)5;1-3-2;;;/h2*6-9H,10H2,1-5H3;3H,1-2H3;2*1H;/q;;;;;+2/p-2. The van der Waals surface area contributed by atoms with Gasteiger partial charge in [-0.25, -0.2) is 0 Å². The summed E-state index contributed by atoms with van der Waals surface area (Å²) in [6.45, 7) is 29.0. The summed E-state index contributed by atoms with van der Waals surface area (Å²) in [4.78, 5) is 0. The third kappa shape index (κ3) is 5.22. The number of aryl methyl sites for hydroxylation is 2. The summed E-state index contributed by atoms with van der Waals surface area (Å²) in [5, 5.41) is 0. The van der Waals surface area contributed by atoms with E-state index in [9.17, 15) is 0 Å². The molecule has 2 aliphatic rings. The third-order valence-electron chi connectivity index (χ3n) is 9.07. The first-order valence-electron chi connectivity index (χ1n) is 14.4. The zero-order chi connectivity index (χ0) is 28.6. The molecule has 2 unspecified atom stereocenters. The number of hydrogen-bond acceptors (Lipinski definition) is 0. The van der Waals surface area contributed by atoms with Crippen LogP contribution < -0.4 is 0 Å². The Hall–Kier alpha value is 0.0338. The van der Waals surface area contributed by atoms with Crippen molar-refractivity contribution in [1.29, 1.82) is 0 Å². The van der Waals surface area contributed by atoms with Gasteiger partial charge >= 0.3 is 246 Å². The van der Waals surface area contributed by atoms with E-state index in [0.29, 0.717) is 0 Å². The van der Waals surface area contributed by atoms with E-state index in [1.807, 2.05) is 0 Å². The molecular formula is C32H49Cl2Si3Zr. The van der Waals surface area contributed by atoms with E-state index in [1.54, 1.807) is 0 Å². The topological polar surface area (TPSA) is 0 Å². The molecule has 0 bridgehead atoms. The zero-order valence-corrected chi connectivity index (χ0v) is 33.0. The van der Waals surface area contributed by atoms with Crippen molar-refractivity contribution >= 4 is 51.2 Å². The van der Waals surface area contributed by atoms with Crippen LogP contribution in [0.2, 0.25) is 52.4 Å². The van der Waals surface area contributed by atoms with Gasteiger partial charge in [0.2, 0.25) is 0 Å². The maximum absolute atomic E-state index is 8.47. The molecule has 0 amide bonds. The average molecular weight is 680 g/mol. The van der Waals surface area contributed by atoms with Gasteiger partial charge in [0.25, 0.3) is 0 Å². The molecular weight excluding hydrogens is 631 g/mol. The number of rotatable bonds is 7. The van der Waals surface area contributed by atoms with Crippen molar-refractivity contribution in [3.05, 3.63) is 79.9 Å². The van der Waals surface area contributed by atoms with Gasteiger partial charge in [-0.1, -0.05) is 0 Å². The molecule has 0 saturated carbocycles. The van der Waals surface area contributed by atoms with Crippen molar-refractivity contribution in [2.24, 2.45) is 0 Å². The Morgan fingerprint density at radius 3 is 1.29 bits per heavy atom. The van der Waals surface area contributed by atoms with Crippen LogP contribution in [0.3, 0.4) is 0 Å². The molecule has 2 aromatic rings. The Morgan fingerprint density at radius 2 is 1.00 bits per heavy atom. The summed E-state index contributed by atoms with van der Waals surface area (Å²) in [5.74, 6) is -1.50. The number of allylic oxidation sites excluding steroid dienone is 2. The number of halogens is 2. The first-order chi connectivity index (χ1) is 17.3. The molecule has 0 heterocycles. The first-order valence-corrected chi connectivity index (χ1v) is 38.2. The Morgan fingerprint density at radius 1 is 0.658 bits per heavy atom. The number of hydrogen-bond donors (Lipinski definition) is 0. The fraction of sp³-hybridized carbons (Fsp3) is 0.500. The summed E-state index contributed by atoms with van der Waals surface area (Å²) in [6, 6.07) is 11.9. The maximum atomic E-state index is 8.47. The second-order valence-corrected chi connectivity index (χ2v) is 68.7. The van der Waals surface area contributed by atoms with Crippen LogP contribution in [0.1, 0.15) is 65.6 Å². The van der Waals surface area contributed by atoms with Gasteiger partial charge in [0.1, 0.15) is 0 Å². The van der Waals surface area contributed by atoms with E-state index in [4.69, 9.17) is 17.0 Å². The SMILES string of the molecule is CC1=Cc2c(C[Si](C)(C)C)ccc(C)c2[CH]1[Zr]([Cl])([Cl])([CH]1C(C)=Cc2c(C[Si](C)(C)C)ccc(C)c21)[SiH](C)C.